The molecule has 3 aromatic carbocycles. The van der Waals surface area contributed by atoms with Crippen LogP contribution >= 0.6 is 23.2 Å². The fourth-order valence-corrected chi connectivity index (χ4v) is 3.46. The molecule has 0 radical (unpaired) electrons. The van der Waals surface area contributed by atoms with Gasteiger partial charge in [0.15, 0.2) is 5.70 Å². The molecule has 30 heavy (non-hydrogen) atoms. The Morgan fingerprint density at radius 1 is 0.967 bits per heavy atom. The molecule has 0 spiro atoms. The summed E-state index contributed by atoms with van der Waals surface area (Å²) >= 11 is 12.1. The van der Waals surface area contributed by atoms with Crippen molar-refractivity contribution in [2.24, 2.45) is 4.99 Å². The average molecular weight is 438 g/mol. The van der Waals surface area contributed by atoms with Crippen molar-refractivity contribution in [2.75, 3.05) is 6.61 Å². The van der Waals surface area contributed by atoms with Crippen molar-refractivity contribution in [3.05, 3.63) is 105 Å². The van der Waals surface area contributed by atoms with E-state index in [2.05, 4.69) is 17.1 Å². The first-order valence-corrected chi connectivity index (χ1v) is 10.1. The number of carbonyl (C=O) groups excluding carboxylic acids is 1. The van der Waals surface area contributed by atoms with Gasteiger partial charge < -0.3 is 9.47 Å². The van der Waals surface area contributed by atoms with E-state index >= 15 is 0 Å². The Balaban J connectivity index is 1.48. The molecule has 0 amide bonds. The molecular formula is C24H17Cl2NO3. The van der Waals surface area contributed by atoms with Crippen LogP contribution in [0.25, 0.3) is 6.08 Å². The van der Waals surface area contributed by atoms with Crippen molar-refractivity contribution >= 4 is 41.1 Å². The van der Waals surface area contributed by atoms with Crippen LogP contribution in [0.5, 0.6) is 5.75 Å². The lowest BCUT2D eigenvalue weighted by molar-refractivity contribution is -0.129. The Bertz CT molecular complexity index is 1140. The van der Waals surface area contributed by atoms with Crippen molar-refractivity contribution in [2.45, 2.75) is 6.42 Å². The van der Waals surface area contributed by atoms with Crippen LogP contribution in [-0.4, -0.2) is 18.5 Å². The highest BCUT2D eigenvalue weighted by atomic mass is 35.5. The highest BCUT2D eigenvalue weighted by Gasteiger charge is 2.25. The van der Waals surface area contributed by atoms with E-state index in [1.807, 2.05) is 42.5 Å². The zero-order chi connectivity index (χ0) is 20.9. The largest absolute Gasteiger partial charge is 0.493 e. The van der Waals surface area contributed by atoms with E-state index in [1.54, 1.807) is 24.3 Å². The van der Waals surface area contributed by atoms with Crippen LogP contribution in [0.1, 0.15) is 16.7 Å². The predicted octanol–water partition coefficient (Wildman–Crippen LogP) is 5.96. The number of hydrogen-bond acceptors (Lipinski definition) is 4. The Morgan fingerprint density at radius 3 is 2.60 bits per heavy atom. The molecule has 1 aliphatic heterocycles. The maximum Gasteiger partial charge on any atom is 0.363 e. The van der Waals surface area contributed by atoms with Gasteiger partial charge in [0.2, 0.25) is 5.90 Å². The highest BCUT2D eigenvalue weighted by Crippen LogP contribution is 2.26. The summed E-state index contributed by atoms with van der Waals surface area (Å²) in [6.07, 6.45) is 2.47. The number of nitrogens with zero attached hydrogens (tertiary/aromatic N) is 1. The van der Waals surface area contributed by atoms with Gasteiger partial charge in [-0.15, -0.1) is 0 Å². The van der Waals surface area contributed by atoms with E-state index in [-0.39, 0.29) is 11.6 Å². The van der Waals surface area contributed by atoms with Gasteiger partial charge in [0.05, 0.1) is 17.2 Å². The van der Waals surface area contributed by atoms with Crippen LogP contribution in [0.3, 0.4) is 0 Å². The maximum atomic E-state index is 12.2. The third-order valence-corrected chi connectivity index (χ3v) is 4.99. The van der Waals surface area contributed by atoms with Crippen molar-refractivity contribution in [3.63, 3.8) is 0 Å². The lowest BCUT2D eigenvalue weighted by Crippen LogP contribution is -2.05. The van der Waals surface area contributed by atoms with Gasteiger partial charge in [-0.25, -0.2) is 9.79 Å². The van der Waals surface area contributed by atoms with Crippen molar-refractivity contribution in [1.82, 2.24) is 0 Å². The molecule has 0 aromatic heterocycles. The molecule has 4 nitrogen and oxygen atoms in total. The summed E-state index contributed by atoms with van der Waals surface area (Å²) < 4.78 is 11.1. The molecule has 0 unspecified atom stereocenters. The molecule has 0 aliphatic carbocycles. The summed E-state index contributed by atoms with van der Waals surface area (Å²) in [7, 11) is 0. The minimum Gasteiger partial charge on any atom is -0.493 e. The number of carbonyl (C=O) groups is 1. The normalized spacial score (nSPS) is 14.5. The number of benzene rings is 3. The van der Waals surface area contributed by atoms with E-state index in [0.717, 1.165) is 17.7 Å². The molecule has 6 heteroatoms. The smallest absolute Gasteiger partial charge is 0.363 e. The van der Waals surface area contributed by atoms with E-state index in [9.17, 15) is 4.79 Å². The summed E-state index contributed by atoms with van der Waals surface area (Å²) in [5, 5.41) is 0.859. The molecule has 0 fully saturated rings. The summed E-state index contributed by atoms with van der Waals surface area (Å²) in [6.45, 7) is 0.559. The quantitative estimate of drug-likeness (QED) is 0.353. The van der Waals surface area contributed by atoms with E-state index in [0.29, 0.717) is 22.2 Å². The molecule has 1 aliphatic rings. The van der Waals surface area contributed by atoms with Gasteiger partial charge in [-0.2, -0.15) is 0 Å². The predicted molar refractivity (Wildman–Crippen MR) is 119 cm³/mol. The van der Waals surface area contributed by atoms with Crippen LogP contribution in [0.2, 0.25) is 10.0 Å². The minimum absolute atomic E-state index is 0.156. The summed E-state index contributed by atoms with van der Waals surface area (Å²) in [6, 6.07) is 22.5. The Labute approximate surface area is 184 Å². The fraction of sp³-hybridized carbons (Fsp3) is 0.0833. The van der Waals surface area contributed by atoms with Crippen LogP contribution in [0, 0.1) is 0 Å². The molecule has 4 rings (SSSR count). The maximum absolute atomic E-state index is 12.2. The minimum atomic E-state index is -0.536. The second kappa shape index (κ2) is 9.16. The van der Waals surface area contributed by atoms with Crippen molar-refractivity contribution in [3.8, 4) is 5.75 Å². The standard InChI is InChI=1S/C24H17Cl2NO3/c25-18-9-10-20(21(26)15-18)23-27-22(24(28)30-23)14-17-7-4-8-19(13-17)29-12-11-16-5-2-1-3-6-16/h1-10,13-15H,11-12H2/b22-14-. The SMILES string of the molecule is O=C1OC(c2ccc(Cl)cc2Cl)=N/C1=C\c1cccc(OCCc2ccccc2)c1. The first-order chi connectivity index (χ1) is 14.6. The lowest BCUT2D eigenvalue weighted by Gasteiger charge is -2.07. The van der Waals surface area contributed by atoms with E-state index < -0.39 is 5.97 Å². The van der Waals surface area contributed by atoms with Gasteiger partial charge in [0.25, 0.3) is 0 Å². The summed E-state index contributed by atoms with van der Waals surface area (Å²) in [5.41, 5.74) is 2.70. The molecule has 3 aromatic rings. The third kappa shape index (κ3) is 4.90. The van der Waals surface area contributed by atoms with Gasteiger partial charge in [0, 0.05) is 11.4 Å². The van der Waals surface area contributed by atoms with Gasteiger partial charge in [-0.3, -0.25) is 0 Å². The Hall–Kier alpha value is -3.08. The summed E-state index contributed by atoms with van der Waals surface area (Å²) in [4.78, 5) is 16.5. The third-order valence-electron chi connectivity index (χ3n) is 4.45. The average Bonchev–Trinajstić information content (AvgIpc) is 3.09. The zero-order valence-electron chi connectivity index (χ0n) is 15.8. The second-order valence-corrected chi connectivity index (χ2v) is 7.46. The molecular weight excluding hydrogens is 421 g/mol. The molecule has 150 valence electrons. The summed E-state index contributed by atoms with van der Waals surface area (Å²) in [5.74, 6) is 0.339. The molecule has 0 saturated carbocycles. The van der Waals surface area contributed by atoms with Crippen molar-refractivity contribution < 1.29 is 14.3 Å². The number of cyclic esters (lactones) is 1. The van der Waals surface area contributed by atoms with Gasteiger partial charge in [-0.1, -0.05) is 65.7 Å². The number of hydrogen-bond donors (Lipinski definition) is 0. The zero-order valence-corrected chi connectivity index (χ0v) is 17.4. The molecule has 0 saturated heterocycles. The second-order valence-electron chi connectivity index (χ2n) is 6.62. The monoisotopic (exact) mass is 437 g/mol. The molecule has 1 heterocycles. The van der Waals surface area contributed by atoms with E-state index in [1.165, 1.54) is 5.56 Å². The van der Waals surface area contributed by atoms with Gasteiger partial charge in [-0.05, 0) is 47.5 Å². The van der Waals surface area contributed by atoms with Gasteiger partial charge in [0.1, 0.15) is 5.75 Å². The molecule has 0 atom stereocenters. The number of aliphatic imine (C=N–C) groups is 1. The Kier molecular flexibility index (Phi) is 6.17. The van der Waals surface area contributed by atoms with Crippen LogP contribution in [0.15, 0.2) is 83.5 Å². The van der Waals surface area contributed by atoms with Crippen molar-refractivity contribution in [1.29, 1.82) is 0 Å². The van der Waals surface area contributed by atoms with Gasteiger partial charge >= 0.3 is 5.97 Å². The first kappa shape index (κ1) is 20.2. The lowest BCUT2D eigenvalue weighted by atomic mass is 10.1. The van der Waals surface area contributed by atoms with Crippen LogP contribution in [0.4, 0.5) is 0 Å². The number of esters is 1. The van der Waals surface area contributed by atoms with E-state index in [4.69, 9.17) is 32.7 Å². The molecule has 0 N–H and O–H groups in total. The number of rotatable bonds is 6. The molecule has 0 bridgehead atoms. The topological polar surface area (TPSA) is 47.9 Å². The fourth-order valence-electron chi connectivity index (χ4n) is 2.97. The number of ether oxygens (including phenoxy) is 2. The number of halogens is 2. The first-order valence-electron chi connectivity index (χ1n) is 9.33. The Morgan fingerprint density at radius 2 is 1.80 bits per heavy atom. The van der Waals surface area contributed by atoms with Crippen LogP contribution < -0.4 is 4.74 Å². The van der Waals surface area contributed by atoms with Crippen LogP contribution in [-0.2, 0) is 16.0 Å². The highest BCUT2D eigenvalue weighted by molar-refractivity contribution is 6.37.